The van der Waals surface area contributed by atoms with Gasteiger partial charge in [0.1, 0.15) is 0 Å². The molecule has 0 amide bonds. The number of ether oxygens (including phenoxy) is 1. The molecule has 0 N–H and O–H groups in total. The van der Waals surface area contributed by atoms with E-state index in [4.69, 9.17) is 4.74 Å². The minimum atomic E-state index is -6.00. The summed E-state index contributed by atoms with van der Waals surface area (Å²) in [6, 6.07) is 0. The number of hydrogen-bond donors (Lipinski definition) is 0. The highest BCUT2D eigenvalue weighted by molar-refractivity contribution is 6.50. The molecule has 1 heterocycles. The van der Waals surface area contributed by atoms with Crippen LogP contribution in [-0.2, 0) is 4.74 Å². The zero-order chi connectivity index (χ0) is 24.5. The van der Waals surface area contributed by atoms with Crippen molar-refractivity contribution in [1.82, 2.24) is 0 Å². The van der Waals surface area contributed by atoms with Crippen LogP contribution in [0.3, 0.4) is 0 Å². The largest absolute Gasteiger partial charge is 0.673 e. The maximum Gasteiger partial charge on any atom is 0.673 e. The monoisotopic (exact) mass is 475 g/mol. The molecule has 2 nitrogen and oxygen atoms in total. The molecule has 0 unspecified atom stereocenters. The third-order valence-corrected chi connectivity index (χ3v) is 2.59. The third-order valence-electron chi connectivity index (χ3n) is 2.59. The lowest BCUT2D eigenvalue weighted by Gasteiger charge is -2.31. The molecule has 0 aromatic rings. The summed E-state index contributed by atoms with van der Waals surface area (Å²) >= 11 is 0. The van der Waals surface area contributed by atoms with E-state index in [2.05, 4.69) is 6.92 Å². The summed E-state index contributed by atoms with van der Waals surface area (Å²) < 4.78 is 152. The van der Waals surface area contributed by atoms with Crippen LogP contribution in [0.4, 0.5) is 65.0 Å². The van der Waals surface area contributed by atoms with Crippen molar-refractivity contribution in [3.05, 3.63) is 0 Å². The number of alkyl halides is 3. The lowest BCUT2D eigenvalue weighted by molar-refractivity contribution is -0.932. The Kier molecular flexibility index (Phi) is 20.6. The van der Waals surface area contributed by atoms with E-state index in [1.165, 1.54) is 37.0 Å². The summed E-state index contributed by atoms with van der Waals surface area (Å²) in [7, 11) is -16.2. The van der Waals surface area contributed by atoms with Crippen LogP contribution in [0.5, 0.6) is 0 Å². The summed E-state index contributed by atoms with van der Waals surface area (Å²) in [4.78, 5) is 0. The molecule has 1 aliphatic heterocycles. The van der Waals surface area contributed by atoms with Gasteiger partial charge in [0, 0.05) is 20.0 Å². The van der Waals surface area contributed by atoms with E-state index in [-0.39, 0.29) is 0 Å². The molecule has 0 saturated carbocycles. The zero-order valence-corrected chi connectivity index (χ0v) is 15.1. The number of quaternary nitrogens is 1. The Labute approximate surface area is 157 Å². The smallest absolute Gasteiger partial charge is 0.418 e. The maximum absolute atomic E-state index is 9.75. The van der Waals surface area contributed by atoms with Crippen molar-refractivity contribution in [2.24, 2.45) is 0 Å². The standard InChI is InChI=1S/C8H18NO.CHF3.3BF4/c1-3-9(8-10-2)6-4-5-7-9;2-1(3)4;3*2-1(3,4)5/h3-8H2,1-2H3;1H;;;/q+1;;3*-1. The van der Waals surface area contributed by atoms with Gasteiger partial charge in [0.15, 0.2) is 6.73 Å². The van der Waals surface area contributed by atoms with Crippen molar-refractivity contribution in [3.63, 3.8) is 0 Å². The van der Waals surface area contributed by atoms with Crippen molar-refractivity contribution in [3.8, 4) is 0 Å². The van der Waals surface area contributed by atoms with E-state index in [1.54, 1.807) is 7.11 Å². The quantitative estimate of drug-likeness (QED) is 0.265. The molecule has 0 radical (unpaired) electrons. The van der Waals surface area contributed by atoms with Gasteiger partial charge in [-0.2, -0.15) is 13.2 Å². The summed E-state index contributed by atoms with van der Waals surface area (Å²) in [6.45, 7) is 3.38. The first-order valence-electron chi connectivity index (χ1n) is 7.44. The number of hydrogen-bond acceptors (Lipinski definition) is 1. The molecule has 0 aromatic carbocycles. The number of rotatable bonds is 3. The Morgan fingerprint density at radius 3 is 1.03 bits per heavy atom. The van der Waals surface area contributed by atoms with Gasteiger partial charge in [-0.1, -0.05) is 0 Å². The second kappa shape index (κ2) is 16.8. The first kappa shape index (κ1) is 35.5. The van der Waals surface area contributed by atoms with Crippen LogP contribution in [0.2, 0.25) is 0 Å². The highest BCUT2D eigenvalue weighted by Gasteiger charge is 2.29. The average Bonchev–Trinajstić information content (AvgIpc) is 2.81. The van der Waals surface area contributed by atoms with Gasteiger partial charge in [-0.25, -0.2) is 0 Å². The number of halogens is 15. The molecule has 0 aromatic heterocycles. The molecule has 1 saturated heterocycles. The SMILES string of the molecule is CC[N+]1(COC)CCCC1.FC(F)F.F[B-](F)(F)F.F[B-](F)(F)F.F[B-](F)(F)F. The fourth-order valence-corrected chi connectivity index (χ4v) is 1.82. The van der Waals surface area contributed by atoms with E-state index >= 15 is 0 Å². The Morgan fingerprint density at radius 2 is 0.897 bits per heavy atom. The predicted octanol–water partition coefficient (Wildman–Crippen LogP) is 6.30. The van der Waals surface area contributed by atoms with Crippen LogP contribution < -0.4 is 0 Å². The normalized spacial score (nSPS) is 15.5. The number of likely N-dealkylation sites (tertiary alicyclic amines) is 1. The number of methoxy groups -OCH3 is 1. The maximum atomic E-state index is 9.75. The topological polar surface area (TPSA) is 9.23 Å². The van der Waals surface area contributed by atoms with Crippen LogP contribution >= 0.6 is 0 Å². The summed E-state index contributed by atoms with van der Waals surface area (Å²) in [5, 5.41) is 0. The Bertz CT molecular complexity index is 307. The van der Waals surface area contributed by atoms with Crippen LogP contribution in [0.1, 0.15) is 19.8 Å². The molecule has 29 heavy (non-hydrogen) atoms. The Hall–Kier alpha value is -0.935. The van der Waals surface area contributed by atoms with Crippen LogP contribution in [0, 0.1) is 0 Å². The molecular weight excluding hydrogens is 456 g/mol. The van der Waals surface area contributed by atoms with Gasteiger partial charge in [0.2, 0.25) is 0 Å². The Balaban J connectivity index is -0.000000143. The van der Waals surface area contributed by atoms with Crippen molar-refractivity contribution in [1.29, 1.82) is 0 Å². The summed E-state index contributed by atoms with van der Waals surface area (Å²) in [5.41, 5.74) is 0. The van der Waals surface area contributed by atoms with Gasteiger partial charge in [0.05, 0.1) is 19.6 Å². The fraction of sp³-hybridized carbons (Fsp3) is 1.00. The molecule has 0 bridgehead atoms. The highest BCUT2D eigenvalue weighted by Crippen LogP contribution is 2.18. The highest BCUT2D eigenvalue weighted by atomic mass is 19.5. The van der Waals surface area contributed by atoms with Crippen LogP contribution in [0.25, 0.3) is 0 Å². The Morgan fingerprint density at radius 1 is 0.690 bits per heavy atom. The van der Waals surface area contributed by atoms with Crippen molar-refractivity contribution in [2.75, 3.05) is 33.5 Å². The second-order valence-corrected chi connectivity index (χ2v) is 4.96. The van der Waals surface area contributed by atoms with Crippen molar-refractivity contribution >= 4 is 21.8 Å². The van der Waals surface area contributed by atoms with E-state index in [0.717, 1.165) is 6.73 Å². The van der Waals surface area contributed by atoms with E-state index < -0.39 is 28.4 Å². The fourth-order valence-electron chi connectivity index (χ4n) is 1.82. The van der Waals surface area contributed by atoms with Gasteiger partial charge < -0.3 is 61.0 Å². The number of nitrogens with zero attached hydrogens (tertiary/aromatic N) is 1. The van der Waals surface area contributed by atoms with Crippen LogP contribution in [0.15, 0.2) is 0 Å². The minimum absolute atomic E-state index is 0.913. The lowest BCUT2D eigenvalue weighted by Crippen LogP contribution is -2.46. The molecule has 1 fully saturated rings. The molecule has 0 atom stereocenters. The first-order valence-corrected chi connectivity index (χ1v) is 7.44. The van der Waals surface area contributed by atoms with Gasteiger partial charge in [0.25, 0.3) is 0 Å². The van der Waals surface area contributed by atoms with Gasteiger partial charge in [-0.3, -0.25) is 0 Å². The van der Waals surface area contributed by atoms with Gasteiger partial charge in [-0.05, 0) is 6.92 Å². The van der Waals surface area contributed by atoms with Crippen molar-refractivity contribution < 1.29 is 74.2 Å². The summed E-state index contributed by atoms with van der Waals surface area (Å²) in [5.74, 6) is 0. The molecule has 0 spiro atoms. The molecule has 0 aliphatic carbocycles. The molecule has 1 aliphatic rings. The zero-order valence-electron chi connectivity index (χ0n) is 15.1. The summed E-state index contributed by atoms with van der Waals surface area (Å²) in [6.07, 6.45) is 2.77. The molecule has 20 heteroatoms. The average molecular weight is 475 g/mol. The minimum Gasteiger partial charge on any atom is -0.418 e. The molecule has 1 rings (SSSR count). The van der Waals surface area contributed by atoms with E-state index in [9.17, 15) is 65.0 Å². The lowest BCUT2D eigenvalue weighted by atomic mass is 10.3. The second-order valence-electron chi connectivity index (χ2n) is 4.96. The van der Waals surface area contributed by atoms with E-state index in [1.807, 2.05) is 0 Å². The first-order chi connectivity index (χ1) is 12.6. The van der Waals surface area contributed by atoms with E-state index in [0.29, 0.717) is 0 Å². The van der Waals surface area contributed by atoms with Crippen LogP contribution in [-0.4, -0.2) is 66.4 Å². The van der Waals surface area contributed by atoms with Gasteiger partial charge >= 0.3 is 28.4 Å². The molecule has 182 valence electrons. The van der Waals surface area contributed by atoms with Crippen molar-refractivity contribution in [2.45, 2.75) is 26.4 Å². The van der Waals surface area contributed by atoms with Gasteiger partial charge in [-0.15, -0.1) is 0 Å². The molecular formula is C9H19B3F15NO-2. The third kappa shape index (κ3) is 74.9. The predicted molar refractivity (Wildman–Crippen MR) is 79.3 cm³/mol.